The van der Waals surface area contributed by atoms with Crippen molar-refractivity contribution >= 4 is 43.9 Å². The van der Waals surface area contributed by atoms with Gasteiger partial charge in [0, 0.05) is 65.2 Å². The summed E-state index contributed by atoms with van der Waals surface area (Å²) >= 11 is 6.28. The average molecular weight is 432 g/mol. The third-order valence-electron chi connectivity index (χ3n) is 5.93. The molecule has 2 aliphatic rings. The van der Waals surface area contributed by atoms with Crippen molar-refractivity contribution in [1.29, 1.82) is 4.78 Å². The largest absolute Gasteiger partial charge is 0.363 e. The second kappa shape index (κ2) is 6.56. The van der Waals surface area contributed by atoms with Crippen LogP contribution < -0.4 is 9.80 Å². The molecule has 5 rings (SSSR count). The van der Waals surface area contributed by atoms with Crippen LogP contribution in [0.2, 0.25) is 5.15 Å². The Hall–Kier alpha value is -2.39. The number of nitrogens with one attached hydrogen (secondary N) is 2. The Morgan fingerprint density at radius 3 is 2.90 bits per heavy atom. The Bertz CT molecular complexity index is 1200. The summed E-state index contributed by atoms with van der Waals surface area (Å²) in [5.41, 5.74) is 3.95. The van der Waals surface area contributed by atoms with Gasteiger partial charge in [-0.2, -0.15) is 0 Å². The lowest BCUT2D eigenvalue weighted by atomic mass is 9.98. The van der Waals surface area contributed by atoms with Crippen LogP contribution in [0.1, 0.15) is 18.2 Å². The molecule has 8 nitrogen and oxygen atoms in total. The van der Waals surface area contributed by atoms with Gasteiger partial charge in [-0.1, -0.05) is 11.6 Å². The Morgan fingerprint density at radius 1 is 1.34 bits per heavy atom. The van der Waals surface area contributed by atoms with E-state index in [0.717, 1.165) is 40.2 Å². The van der Waals surface area contributed by atoms with Gasteiger partial charge >= 0.3 is 0 Å². The summed E-state index contributed by atoms with van der Waals surface area (Å²) in [6.07, 6.45) is 5.81. The van der Waals surface area contributed by atoms with E-state index in [-0.39, 0.29) is 11.3 Å². The number of rotatable bonds is 3. The number of aromatic nitrogens is 4. The van der Waals surface area contributed by atoms with Crippen LogP contribution in [0, 0.1) is 4.78 Å². The van der Waals surface area contributed by atoms with Crippen LogP contribution in [0.5, 0.6) is 0 Å². The fourth-order valence-corrected chi connectivity index (χ4v) is 5.33. The normalized spacial score (nSPS) is 21.7. The zero-order valence-electron chi connectivity index (χ0n) is 16.2. The lowest BCUT2D eigenvalue weighted by molar-refractivity contribution is 0.559. The van der Waals surface area contributed by atoms with E-state index in [1.54, 1.807) is 6.33 Å². The lowest BCUT2D eigenvalue weighted by Crippen LogP contribution is -2.55. The van der Waals surface area contributed by atoms with Gasteiger partial charge in [0.1, 0.15) is 22.9 Å². The van der Waals surface area contributed by atoms with Crippen molar-refractivity contribution in [1.82, 2.24) is 19.9 Å². The third-order valence-corrected chi connectivity index (χ3v) is 7.69. The molecule has 2 aliphatic heterocycles. The predicted octanol–water partition coefficient (Wildman–Crippen LogP) is 2.82. The quantitative estimate of drug-likeness (QED) is 0.618. The van der Waals surface area contributed by atoms with Crippen LogP contribution in [-0.4, -0.2) is 54.8 Å². The van der Waals surface area contributed by atoms with Crippen LogP contribution in [0.4, 0.5) is 11.5 Å². The number of H-pyrrole nitrogens is 1. The summed E-state index contributed by atoms with van der Waals surface area (Å²) in [5.74, 6) is 0.886. The fraction of sp³-hybridized carbons (Fsp3) is 0.421. The maximum atomic E-state index is 12.0. The molecule has 2 N–H and O–H groups in total. The van der Waals surface area contributed by atoms with Gasteiger partial charge in [-0.15, -0.1) is 0 Å². The topological polar surface area (TPSA) is 102 Å². The number of fused-ring (bicyclic) bond motifs is 2. The van der Waals surface area contributed by atoms with E-state index in [2.05, 4.69) is 36.7 Å². The molecule has 29 heavy (non-hydrogen) atoms. The first-order valence-corrected chi connectivity index (χ1v) is 11.9. The average Bonchev–Trinajstić information content (AvgIpc) is 3.06. The van der Waals surface area contributed by atoms with Crippen molar-refractivity contribution in [3.05, 3.63) is 41.1 Å². The monoisotopic (exact) mass is 431 g/mol. The zero-order chi connectivity index (χ0) is 20.3. The smallest absolute Gasteiger partial charge is 0.141 e. The van der Waals surface area contributed by atoms with Crippen LogP contribution in [0.3, 0.4) is 0 Å². The van der Waals surface area contributed by atoms with Crippen molar-refractivity contribution in [2.75, 3.05) is 29.1 Å². The molecule has 3 aromatic heterocycles. The first kappa shape index (κ1) is 18.6. The molecule has 0 bridgehead atoms. The maximum Gasteiger partial charge on any atom is 0.141 e. The minimum Gasteiger partial charge on any atom is -0.363 e. The number of aromatic amines is 1. The molecular formula is C19H22ClN7OS. The standard InChI is InChI=1S/C19H22ClN7OS/c1-11-5-15-14(19(24-10-23-15)26-7-12(8-26)29(2,21)28)9-27(11)16-6-17(20)25-18-13(16)3-4-22-18/h3-4,6,10-12,21H,5,7-9H2,1-2H3,(H,22,25)/t11-,29?/m1/s1. The summed E-state index contributed by atoms with van der Waals surface area (Å²) in [6, 6.07) is 4.17. The number of hydrogen-bond acceptors (Lipinski definition) is 7. The molecule has 0 aromatic carbocycles. The van der Waals surface area contributed by atoms with Gasteiger partial charge in [0.05, 0.1) is 16.6 Å². The van der Waals surface area contributed by atoms with Gasteiger partial charge in [-0.25, -0.2) is 19.2 Å². The number of anilines is 2. The van der Waals surface area contributed by atoms with Gasteiger partial charge in [0.25, 0.3) is 0 Å². The Morgan fingerprint density at radius 2 is 2.14 bits per heavy atom. The fourth-order valence-electron chi connectivity index (χ4n) is 4.21. The second-order valence-corrected chi connectivity index (χ2v) is 10.8. The molecule has 152 valence electrons. The third kappa shape index (κ3) is 3.12. The van der Waals surface area contributed by atoms with Gasteiger partial charge in [0.15, 0.2) is 0 Å². The first-order valence-electron chi connectivity index (χ1n) is 9.52. The molecule has 0 aliphatic carbocycles. The SMILES string of the molecule is C[C@@H]1Cc2ncnc(N3CC(S(C)(=N)=O)C3)c2CN1c1cc(Cl)nc2[nH]ccc12. The molecule has 1 unspecified atom stereocenters. The summed E-state index contributed by atoms with van der Waals surface area (Å²) < 4.78 is 19.8. The van der Waals surface area contributed by atoms with E-state index >= 15 is 0 Å². The minimum absolute atomic E-state index is 0.106. The number of hydrogen-bond donors (Lipinski definition) is 2. The number of halogens is 1. The first-order chi connectivity index (χ1) is 13.8. The van der Waals surface area contributed by atoms with Crippen molar-refractivity contribution in [3.63, 3.8) is 0 Å². The molecule has 0 saturated carbocycles. The Kier molecular flexibility index (Phi) is 4.22. The molecule has 5 heterocycles. The molecule has 0 radical (unpaired) electrons. The van der Waals surface area contributed by atoms with Gasteiger partial charge in [-0.05, 0) is 19.1 Å². The van der Waals surface area contributed by atoms with Crippen LogP contribution in [-0.2, 0) is 22.7 Å². The van der Waals surface area contributed by atoms with Crippen LogP contribution in [0.15, 0.2) is 24.7 Å². The Balaban J connectivity index is 1.52. The highest BCUT2D eigenvalue weighted by molar-refractivity contribution is 7.92. The lowest BCUT2D eigenvalue weighted by Gasteiger charge is -2.43. The van der Waals surface area contributed by atoms with Gasteiger partial charge in [0.2, 0.25) is 0 Å². The van der Waals surface area contributed by atoms with Crippen molar-refractivity contribution in [2.24, 2.45) is 0 Å². The van der Waals surface area contributed by atoms with Crippen LogP contribution >= 0.6 is 11.6 Å². The highest BCUT2D eigenvalue weighted by Crippen LogP contribution is 2.37. The Labute approximate surface area is 174 Å². The molecular weight excluding hydrogens is 410 g/mol. The van der Waals surface area contributed by atoms with E-state index in [1.165, 1.54) is 6.26 Å². The van der Waals surface area contributed by atoms with Crippen molar-refractivity contribution in [3.8, 4) is 0 Å². The van der Waals surface area contributed by atoms with E-state index < -0.39 is 9.73 Å². The minimum atomic E-state index is -2.53. The maximum absolute atomic E-state index is 12.0. The molecule has 1 fully saturated rings. The molecule has 10 heteroatoms. The van der Waals surface area contributed by atoms with Crippen molar-refractivity contribution < 1.29 is 4.21 Å². The second-order valence-electron chi connectivity index (χ2n) is 7.94. The van der Waals surface area contributed by atoms with E-state index in [1.807, 2.05) is 18.3 Å². The summed E-state index contributed by atoms with van der Waals surface area (Å²) in [4.78, 5) is 21.0. The summed E-state index contributed by atoms with van der Waals surface area (Å²) in [5, 5.41) is 1.38. The molecule has 3 aromatic rings. The van der Waals surface area contributed by atoms with Crippen molar-refractivity contribution in [2.45, 2.75) is 31.2 Å². The molecule has 0 amide bonds. The van der Waals surface area contributed by atoms with Gasteiger partial charge in [-0.3, -0.25) is 4.78 Å². The van der Waals surface area contributed by atoms with E-state index in [9.17, 15) is 4.21 Å². The number of nitrogens with zero attached hydrogens (tertiary/aromatic N) is 5. The molecule has 0 spiro atoms. The van der Waals surface area contributed by atoms with Gasteiger partial charge < -0.3 is 14.8 Å². The predicted molar refractivity (Wildman–Crippen MR) is 115 cm³/mol. The summed E-state index contributed by atoms with van der Waals surface area (Å²) in [7, 11) is -2.53. The zero-order valence-corrected chi connectivity index (χ0v) is 17.8. The van der Waals surface area contributed by atoms with E-state index in [0.29, 0.717) is 24.8 Å². The highest BCUT2D eigenvalue weighted by Gasteiger charge is 2.37. The highest BCUT2D eigenvalue weighted by atomic mass is 35.5. The molecule has 1 saturated heterocycles. The number of pyridine rings is 1. The van der Waals surface area contributed by atoms with E-state index in [4.69, 9.17) is 16.4 Å². The van der Waals surface area contributed by atoms with Crippen LogP contribution in [0.25, 0.3) is 11.0 Å². The summed E-state index contributed by atoms with van der Waals surface area (Å²) in [6.45, 7) is 4.04. The molecule has 2 atom stereocenters.